The molecule has 25 nitrogen and oxygen atoms in total. The fourth-order valence-corrected chi connectivity index (χ4v) is 7.50. The maximum atomic E-state index is 14.2. The number of phenolic OH excluding ortho intramolecular Hbond substituents is 4. The van der Waals surface area contributed by atoms with Gasteiger partial charge in [0.15, 0.2) is 42.2 Å². The maximum absolute atomic E-state index is 14.2. The van der Waals surface area contributed by atoms with Crippen LogP contribution < -0.4 is 10.2 Å². The van der Waals surface area contributed by atoms with Crippen LogP contribution in [0.1, 0.15) is 6.92 Å². The number of hydrogen-bond acceptors (Lipinski definition) is 25. The van der Waals surface area contributed by atoms with Crippen LogP contribution in [-0.4, -0.2) is 213 Å². The Balaban J connectivity index is 1.21. The van der Waals surface area contributed by atoms with Crippen LogP contribution in [0.25, 0.3) is 22.3 Å². The SMILES string of the molecule is C[C@@H]1O[C@@H](OC[C@H]2O[C@@H](Oc3c(-c4ccc(O)c(O)c4)oc4cc(O)cc(O)c4c3=O)[C@H](O[C@@H]3O[C@H](CO)[C@@H](O)[C@H](O)[C@H]3O)[C@@H](O)[C@@H]2O)[C@H](O)[C@H](O[C@@H]2OC[C@@H](O)[C@H](O)[C@H]2O)[C@H]1O. The van der Waals surface area contributed by atoms with Crippen molar-refractivity contribution >= 4 is 11.0 Å². The Bertz CT molecular complexity index is 2120. The lowest BCUT2D eigenvalue weighted by atomic mass is 9.97. The molecule has 5 heterocycles. The van der Waals surface area contributed by atoms with E-state index in [1.165, 1.54) is 13.0 Å². The summed E-state index contributed by atoms with van der Waals surface area (Å²) in [5, 5.41) is 157. The van der Waals surface area contributed by atoms with Gasteiger partial charge in [-0.05, 0) is 25.1 Å². The summed E-state index contributed by atoms with van der Waals surface area (Å²) in [5.74, 6) is -4.00. The van der Waals surface area contributed by atoms with Gasteiger partial charge in [-0.2, -0.15) is 0 Å². The summed E-state index contributed by atoms with van der Waals surface area (Å²) >= 11 is 0. The number of aromatic hydroxyl groups is 4. The molecule has 2 aromatic carbocycles. The van der Waals surface area contributed by atoms with Crippen LogP contribution in [0.5, 0.6) is 28.7 Å². The molecule has 350 valence electrons. The average Bonchev–Trinajstić information content (AvgIpc) is 3.24. The van der Waals surface area contributed by atoms with Crippen LogP contribution in [0.4, 0.5) is 0 Å². The predicted molar refractivity (Wildman–Crippen MR) is 199 cm³/mol. The standard InChI is InChI=1S/C38H48O25/c1-10-21(45)32(61-35-28(52)22(46)16(44)8-55-35)30(54)36(57-10)56-9-19-24(48)27(51)34(63-37-29(53)26(50)23(47)18(7-39)59-37)38(60-19)62-33-25(49)20-15(43)5-12(40)6-17(20)58-31(33)11-2-3-13(41)14(42)4-11/h2-6,10,16,18-19,21-24,26-30,32,34-48,50-54H,7-9H2,1H3/t10-,16+,18+,19+,21-,22-,23+,24+,26-,27-,28+,29+,30+,32+,34+,35-,36+,37-,38-/m0/s1. The first-order valence-corrected chi connectivity index (χ1v) is 19.4. The van der Waals surface area contributed by atoms with E-state index in [2.05, 4.69) is 0 Å². The van der Waals surface area contributed by atoms with Crippen LogP contribution in [0.2, 0.25) is 0 Å². The lowest BCUT2D eigenvalue weighted by Crippen LogP contribution is -2.65. The Kier molecular flexibility index (Phi) is 14.0. The van der Waals surface area contributed by atoms with E-state index in [4.69, 9.17) is 42.3 Å². The molecule has 7 rings (SSSR count). The summed E-state index contributed by atoms with van der Waals surface area (Å²) in [6.07, 6.45) is -34.2. The zero-order chi connectivity index (χ0) is 45.8. The molecule has 15 N–H and O–H groups in total. The molecule has 19 atom stereocenters. The number of fused-ring (bicyclic) bond motifs is 1. The minimum Gasteiger partial charge on any atom is -0.508 e. The molecular weight excluding hydrogens is 856 g/mol. The van der Waals surface area contributed by atoms with Crippen molar-refractivity contribution in [2.75, 3.05) is 19.8 Å². The first-order valence-electron chi connectivity index (χ1n) is 19.4. The van der Waals surface area contributed by atoms with E-state index in [9.17, 15) is 81.4 Å². The molecule has 0 bridgehead atoms. The molecule has 0 radical (unpaired) electrons. The highest BCUT2D eigenvalue weighted by Crippen LogP contribution is 2.40. The first kappa shape index (κ1) is 46.9. The molecule has 0 spiro atoms. The first-order chi connectivity index (χ1) is 29.8. The van der Waals surface area contributed by atoms with Crippen LogP contribution >= 0.6 is 0 Å². The fourth-order valence-electron chi connectivity index (χ4n) is 7.50. The number of hydrogen-bond donors (Lipinski definition) is 15. The van der Waals surface area contributed by atoms with Crippen molar-refractivity contribution in [1.82, 2.24) is 0 Å². The number of benzene rings is 2. The molecule has 4 aliphatic rings. The third-order valence-electron chi connectivity index (χ3n) is 11.1. The Labute approximate surface area is 353 Å². The van der Waals surface area contributed by atoms with E-state index >= 15 is 0 Å². The van der Waals surface area contributed by atoms with Gasteiger partial charge in [-0.3, -0.25) is 4.79 Å². The summed E-state index contributed by atoms with van der Waals surface area (Å²) in [5.41, 5.74) is -1.72. The normalized spacial score (nSPS) is 39.9. The highest BCUT2D eigenvalue weighted by atomic mass is 16.8. The Morgan fingerprint density at radius 1 is 0.635 bits per heavy atom. The average molecular weight is 905 g/mol. The van der Waals surface area contributed by atoms with Crippen LogP contribution in [-0.2, 0) is 33.2 Å². The molecule has 0 aliphatic carbocycles. The maximum Gasteiger partial charge on any atom is 0.239 e. The van der Waals surface area contributed by atoms with Gasteiger partial charge in [-0.15, -0.1) is 0 Å². The van der Waals surface area contributed by atoms with Crippen LogP contribution in [0.15, 0.2) is 39.5 Å². The molecular formula is C38H48O25. The molecule has 4 fully saturated rings. The molecule has 0 unspecified atom stereocenters. The van der Waals surface area contributed by atoms with E-state index < -0.39 is 187 Å². The quantitative estimate of drug-likeness (QED) is 0.0799. The second-order valence-corrected chi connectivity index (χ2v) is 15.4. The van der Waals surface area contributed by atoms with Gasteiger partial charge in [0.1, 0.15) is 102 Å². The molecule has 0 amide bonds. The molecule has 63 heavy (non-hydrogen) atoms. The van der Waals surface area contributed by atoms with Gasteiger partial charge in [0.25, 0.3) is 0 Å². The van der Waals surface area contributed by atoms with Gasteiger partial charge < -0.3 is 119 Å². The summed E-state index contributed by atoms with van der Waals surface area (Å²) in [7, 11) is 0. The predicted octanol–water partition coefficient (Wildman–Crippen LogP) is -5.40. The largest absolute Gasteiger partial charge is 0.508 e. The van der Waals surface area contributed by atoms with Gasteiger partial charge >= 0.3 is 0 Å². The number of aliphatic hydroxyl groups is 11. The lowest BCUT2D eigenvalue weighted by Gasteiger charge is -2.46. The van der Waals surface area contributed by atoms with Crippen LogP contribution in [0, 0.1) is 0 Å². The van der Waals surface area contributed by atoms with E-state index in [0.717, 1.165) is 24.3 Å². The number of rotatable bonds is 11. The third kappa shape index (κ3) is 9.12. The van der Waals surface area contributed by atoms with Crippen LogP contribution in [0.3, 0.4) is 0 Å². The highest BCUT2D eigenvalue weighted by Gasteiger charge is 2.53. The smallest absolute Gasteiger partial charge is 0.239 e. The Hall–Kier alpha value is -4.07. The van der Waals surface area contributed by atoms with E-state index in [-0.39, 0.29) is 5.56 Å². The third-order valence-corrected chi connectivity index (χ3v) is 11.1. The highest BCUT2D eigenvalue weighted by molar-refractivity contribution is 5.88. The topological polar surface area (TPSA) is 408 Å². The summed E-state index contributed by atoms with van der Waals surface area (Å²) in [6.45, 7) is -0.824. The van der Waals surface area contributed by atoms with Crippen molar-refractivity contribution in [3.05, 3.63) is 40.6 Å². The zero-order valence-corrected chi connectivity index (χ0v) is 32.8. The molecule has 3 aromatic rings. The Morgan fingerprint density at radius 3 is 2.00 bits per heavy atom. The van der Waals surface area contributed by atoms with Crippen molar-refractivity contribution in [2.45, 2.75) is 124 Å². The van der Waals surface area contributed by atoms with Gasteiger partial charge in [-0.25, -0.2) is 0 Å². The van der Waals surface area contributed by atoms with Crippen molar-refractivity contribution in [2.24, 2.45) is 0 Å². The second-order valence-electron chi connectivity index (χ2n) is 15.4. The minimum atomic E-state index is -2.18. The van der Waals surface area contributed by atoms with Gasteiger partial charge in [0.2, 0.25) is 17.5 Å². The van der Waals surface area contributed by atoms with Crippen molar-refractivity contribution in [3.8, 4) is 40.1 Å². The van der Waals surface area contributed by atoms with Gasteiger partial charge in [0, 0.05) is 17.7 Å². The van der Waals surface area contributed by atoms with E-state index in [1.807, 2.05) is 0 Å². The van der Waals surface area contributed by atoms with E-state index in [0.29, 0.717) is 0 Å². The zero-order valence-electron chi connectivity index (χ0n) is 32.8. The molecule has 0 saturated carbocycles. The minimum absolute atomic E-state index is 0.154. The molecule has 4 aliphatic heterocycles. The van der Waals surface area contributed by atoms with Gasteiger partial charge in [-0.1, -0.05) is 0 Å². The van der Waals surface area contributed by atoms with E-state index in [1.54, 1.807) is 0 Å². The molecule has 1 aromatic heterocycles. The summed E-state index contributed by atoms with van der Waals surface area (Å²) < 4.78 is 51.3. The monoisotopic (exact) mass is 904 g/mol. The number of ether oxygens (including phenoxy) is 8. The number of aliphatic hydroxyl groups excluding tert-OH is 11. The molecule has 4 saturated heterocycles. The summed E-state index contributed by atoms with van der Waals surface area (Å²) in [6, 6.07) is 4.91. The Morgan fingerprint density at radius 2 is 1.30 bits per heavy atom. The fraction of sp³-hybridized carbons (Fsp3) is 0.605. The van der Waals surface area contributed by atoms with Crippen molar-refractivity contribution in [1.29, 1.82) is 0 Å². The van der Waals surface area contributed by atoms with Gasteiger partial charge in [0.05, 0.1) is 25.9 Å². The van der Waals surface area contributed by atoms with Crippen molar-refractivity contribution in [3.63, 3.8) is 0 Å². The summed E-state index contributed by atoms with van der Waals surface area (Å²) in [4.78, 5) is 14.2. The molecule has 25 heteroatoms. The second kappa shape index (κ2) is 18.8. The van der Waals surface area contributed by atoms with Crippen molar-refractivity contribution < 1.29 is 119 Å². The lowest BCUT2D eigenvalue weighted by molar-refractivity contribution is -0.366. The number of phenols is 4.